The van der Waals surface area contributed by atoms with Gasteiger partial charge >= 0.3 is 0 Å². The number of anilines is 1. The molecule has 1 aliphatic heterocycles. The molecule has 0 atom stereocenters. The van der Waals surface area contributed by atoms with Crippen molar-refractivity contribution in [3.05, 3.63) is 65.4 Å². The van der Waals surface area contributed by atoms with Crippen molar-refractivity contribution in [1.82, 2.24) is 4.90 Å². The van der Waals surface area contributed by atoms with Gasteiger partial charge in [0.2, 0.25) is 0 Å². The number of hydrogen-bond acceptors (Lipinski definition) is 4. The van der Waals surface area contributed by atoms with Crippen LogP contribution in [0.25, 0.3) is 5.57 Å². The fourth-order valence-electron chi connectivity index (χ4n) is 3.19. The van der Waals surface area contributed by atoms with Crippen molar-refractivity contribution in [3.8, 4) is 5.75 Å². The Morgan fingerprint density at radius 2 is 1.71 bits per heavy atom. The van der Waals surface area contributed by atoms with Crippen molar-refractivity contribution in [2.45, 2.75) is 33.6 Å². The quantitative estimate of drug-likeness (QED) is 0.692. The van der Waals surface area contributed by atoms with Crippen molar-refractivity contribution in [2.75, 3.05) is 18.5 Å². The molecule has 1 aliphatic rings. The highest BCUT2D eigenvalue weighted by Crippen LogP contribution is 2.31. The number of nitrogens with zero attached hydrogens (tertiary/aromatic N) is 1. The summed E-state index contributed by atoms with van der Waals surface area (Å²) in [5.74, 6) is 0.209. The number of carbonyl (C=O) groups excluding carboxylic acids is 2. The number of ether oxygens (including phenoxy) is 1. The molecule has 0 spiro atoms. The molecule has 146 valence electrons. The Hall–Kier alpha value is -3.08. The topological polar surface area (TPSA) is 58.6 Å². The van der Waals surface area contributed by atoms with Gasteiger partial charge in [-0.3, -0.25) is 14.5 Å². The molecule has 0 fully saturated rings. The van der Waals surface area contributed by atoms with Crippen LogP contribution in [0, 0.1) is 6.92 Å². The van der Waals surface area contributed by atoms with E-state index in [4.69, 9.17) is 4.74 Å². The van der Waals surface area contributed by atoms with Crippen LogP contribution in [0.3, 0.4) is 0 Å². The number of benzene rings is 2. The lowest BCUT2D eigenvalue weighted by Crippen LogP contribution is -2.33. The highest BCUT2D eigenvalue weighted by atomic mass is 16.5. The summed E-state index contributed by atoms with van der Waals surface area (Å²) in [5.41, 5.74) is 3.30. The Morgan fingerprint density at radius 3 is 2.36 bits per heavy atom. The van der Waals surface area contributed by atoms with E-state index in [0.717, 1.165) is 23.4 Å². The van der Waals surface area contributed by atoms with Gasteiger partial charge in [0.05, 0.1) is 12.2 Å². The first-order valence-corrected chi connectivity index (χ1v) is 9.72. The van der Waals surface area contributed by atoms with Crippen LogP contribution in [0.5, 0.6) is 5.75 Å². The molecule has 28 heavy (non-hydrogen) atoms. The zero-order valence-corrected chi connectivity index (χ0v) is 16.6. The zero-order chi connectivity index (χ0) is 20.1. The first-order chi connectivity index (χ1) is 13.5. The van der Waals surface area contributed by atoms with Crippen LogP contribution in [0.1, 0.15) is 37.8 Å². The smallest absolute Gasteiger partial charge is 0.278 e. The van der Waals surface area contributed by atoms with Crippen LogP contribution >= 0.6 is 0 Å². The summed E-state index contributed by atoms with van der Waals surface area (Å²) < 4.78 is 5.62. The van der Waals surface area contributed by atoms with E-state index in [0.29, 0.717) is 36.4 Å². The van der Waals surface area contributed by atoms with Gasteiger partial charge in [-0.1, -0.05) is 38.1 Å². The van der Waals surface area contributed by atoms with Gasteiger partial charge in [0.25, 0.3) is 11.8 Å². The van der Waals surface area contributed by atoms with Gasteiger partial charge in [-0.2, -0.15) is 0 Å². The Labute approximate surface area is 166 Å². The molecule has 0 bridgehead atoms. The molecule has 2 amide bonds. The van der Waals surface area contributed by atoms with E-state index in [9.17, 15) is 9.59 Å². The largest absolute Gasteiger partial charge is 0.494 e. The number of carbonyl (C=O) groups is 2. The molecule has 1 heterocycles. The third kappa shape index (κ3) is 4.09. The number of aryl methyl sites for hydroxylation is 1. The Balaban J connectivity index is 1.99. The van der Waals surface area contributed by atoms with Crippen LogP contribution in [-0.2, 0) is 9.59 Å². The van der Waals surface area contributed by atoms with Crippen LogP contribution in [0.4, 0.5) is 5.69 Å². The average molecular weight is 378 g/mol. The summed E-state index contributed by atoms with van der Waals surface area (Å²) in [4.78, 5) is 27.3. The molecule has 0 radical (unpaired) electrons. The van der Waals surface area contributed by atoms with E-state index < -0.39 is 0 Å². The predicted molar refractivity (Wildman–Crippen MR) is 111 cm³/mol. The van der Waals surface area contributed by atoms with Gasteiger partial charge in [0.15, 0.2) is 0 Å². The molecule has 2 aromatic carbocycles. The van der Waals surface area contributed by atoms with E-state index >= 15 is 0 Å². The zero-order valence-electron chi connectivity index (χ0n) is 16.6. The summed E-state index contributed by atoms with van der Waals surface area (Å²) >= 11 is 0. The van der Waals surface area contributed by atoms with Gasteiger partial charge in [-0.15, -0.1) is 0 Å². The van der Waals surface area contributed by atoms with Gasteiger partial charge in [0, 0.05) is 12.2 Å². The maximum Gasteiger partial charge on any atom is 0.278 e. The maximum absolute atomic E-state index is 13.0. The van der Waals surface area contributed by atoms with E-state index in [2.05, 4.69) is 5.32 Å². The van der Waals surface area contributed by atoms with Gasteiger partial charge < -0.3 is 10.1 Å². The molecule has 5 nitrogen and oxygen atoms in total. The summed E-state index contributed by atoms with van der Waals surface area (Å²) in [5, 5.41) is 3.18. The van der Waals surface area contributed by atoms with Crippen LogP contribution in [-0.4, -0.2) is 29.9 Å². The highest BCUT2D eigenvalue weighted by Gasteiger charge is 2.38. The maximum atomic E-state index is 13.0. The molecular formula is C23H26N2O3. The second-order valence-electron chi connectivity index (χ2n) is 6.88. The molecule has 0 saturated carbocycles. The minimum Gasteiger partial charge on any atom is -0.494 e. The number of hydrogen-bond donors (Lipinski definition) is 1. The molecule has 0 unspecified atom stereocenters. The lowest BCUT2D eigenvalue weighted by Gasteiger charge is -2.14. The Morgan fingerprint density at radius 1 is 0.964 bits per heavy atom. The number of nitrogens with one attached hydrogen (secondary N) is 1. The van der Waals surface area contributed by atoms with Crippen molar-refractivity contribution in [1.29, 1.82) is 0 Å². The minimum atomic E-state index is -0.283. The lowest BCUT2D eigenvalue weighted by molar-refractivity contribution is -0.136. The molecule has 5 heteroatoms. The molecule has 0 saturated heterocycles. The Bertz CT molecular complexity index is 900. The number of imide groups is 1. The molecule has 1 N–H and O–H groups in total. The van der Waals surface area contributed by atoms with Crippen molar-refractivity contribution in [3.63, 3.8) is 0 Å². The first kappa shape index (κ1) is 19.7. The fourth-order valence-corrected chi connectivity index (χ4v) is 3.19. The van der Waals surface area contributed by atoms with E-state index in [1.807, 2.05) is 69.3 Å². The van der Waals surface area contributed by atoms with Crippen LogP contribution in [0.2, 0.25) is 0 Å². The fraction of sp³-hybridized carbons (Fsp3) is 0.304. The molecule has 0 aromatic heterocycles. The average Bonchev–Trinajstić information content (AvgIpc) is 2.91. The van der Waals surface area contributed by atoms with Crippen LogP contribution < -0.4 is 10.1 Å². The number of amides is 2. The van der Waals surface area contributed by atoms with Crippen molar-refractivity contribution < 1.29 is 14.3 Å². The molecule has 3 rings (SSSR count). The first-order valence-electron chi connectivity index (χ1n) is 9.72. The lowest BCUT2D eigenvalue weighted by atomic mass is 10.0. The van der Waals surface area contributed by atoms with Gasteiger partial charge in [-0.25, -0.2) is 0 Å². The van der Waals surface area contributed by atoms with Gasteiger partial charge in [0.1, 0.15) is 11.4 Å². The standard InChI is InChI=1S/C23H26N2O3/c1-4-13-25-22(26)20(17-9-11-19(12-10-17)28-14-5-2)21(23(25)27)24-18-8-6-7-16(3)15-18/h6-12,15,24H,4-5,13-14H2,1-3H3. The summed E-state index contributed by atoms with van der Waals surface area (Å²) in [6, 6.07) is 15.1. The SMILES string of the molecule is CCCOc1ccc(C2=C(Nc3cccc(C)c3)C(=O)N(CCC)C2=O)cc1. The normalized spacial score (nSPS) is 14.0. The predicted octanol–water partition coefficient (Wildman–Crippen LogP) is 4.39. The van der Waals surface area contributed by atoms with Crippen LogP contribution in [0.15, 0.2) is 54.2 Å². The van der Waals surface area contributed by atoms with Crippen molar-refractivity contribution >= 4 is 23.1 Å². The summed E-state index contributed by atoms with van der Waals surface area (Å²) in [6.45, 7) is 7.03. The van der Waals surface area contributed by atoms with Gasteiger partial charge in [-0.05, 0) is 55.2 Å². The minimum absolute atomic E-state index is 0.260. The monoisotopic (exact) mass is 378 g/mol. The molecule has 2 aromatic rings. The second kappa shape index (κ2) is 8.74. The summed E-state index contributed by atoms with van der Waals surface area (Å²) in [6.07, 6.45) is 1.64. The second-order valence-corrected chi connectivity index (χ2v) is 6.88. The molecule has 0 aliphatic carbocycles. The summed E-state index contributed by atoms with van der Waals surface area (Å²) in [7, 11) is 0. The van der Waals surface area contributed by atoms with Crippen molar-refractivity contribution in [2.24, 2.45) is 0 Å². The number of rotatable bonds is 8. The van der Waals surface area contributed by atoms with E-state index in [1.165, 1.54) is 4.90 Å². The molecular weight excluding hydrogens is 352 g/mol. The highest BCUT2D eigenvalue weighted by molar-refractivity contribution is 6.36. The van der Waals surface area contributed by atoms with E-state index in [-0.39, 0.29) is 11.8 Å². The Kier molecular flexibility index (Phi) is 6.14. The third-order valence-corrected chi connectivity index (χ3v) is 4.52. The third-order valence-electron chi connectivity index (χ3n) is 4.52. The van der Waals surface area contributed by atoms with E-state index in [1.54, 1.807) is 0 Å².